The number of allylic oxidation sites excluding steroid dienone is 1. The van der Waals surface area contributed by atoms with Gasteiger partial charge in [-0.15, -0.1) is 0 Å². The van der Waals surface area contributed by atoms with E-state index >= 15 is 0 Å². The summed E-state index contributed by atoms with van der Waals surface area (Å²) in [6, 6.07) is 51.5. The molecule has 0 saturated heterocycles. The SMILES string of the molecule is CC1(C)C=CN2c3ccncc3Cc3ccc(-c4ccc(N(c5ccc(-c6ccccc6)cc5)c5ccc6c(c5)C(C)(C)c5ccccc5-6)cc4)c1c32. The molecule has 1 aromatic heterocycles. The van der Waals surface area contributed by atoms with E-state index in [1.165, 1.54) is 72.6 Å². The number of aromatic nitrogens is 1. The first-order valence-electron chi connectivity index (χ1n) is 18.7. The van der Waals surface area contributed by atoms with Gasteiger partial charge in [-0.05, 0) is 104 Å². The van der Waals surface area contributed by atoms with Crippen LogP contribution in [0.1, 0.15) is 55.5 Å². The van der Waals surface area contributed by atoms with E-state index in [4.69, 9.17) is 0 Å². The number of hydrogen-bond donors (Lipinski definition) is 0. The van der Waals surface area contributed by atoms with Crippen molar-refractivity contribution in [1.82, 2.24) is 4.98 Å². The summed E-state index contributed by atoms with van der Waals surface area (Å²) >= 11 is 0. The molecule has 3 nitrogen and oxygen atoms in total. The van der Waals surface area contributed by atoms with Crippen LogP contribution in [0.3, 0.4) is 0 Å². The van der Waals surface area contributed by atoms with Crippen molar-refractivity contribution in [3.05, 3.63) is 192 Å². The molecular weight excluding hydrogens is 643 g/mol. The van der Waals surface area contributed by atoms with Crippen LogP contribution in [-0.4, -0.2) is 4.98 Å². The summed E-state index contributed by atoms with van der Waals surface area (Å²) in [5.74, 6) is 0. The van der Waals surface area contributed by atoms with E-state index in [0.29, 0.717) is 0 Å². The predicted molar refractivity (Wildman–Crippen MR) is 221 cm³/mol. The summed E-state index contributed by atoms with van der Waals surface area (Å²) in [7, 11) is 0. The van der Waals surface area contributed by atoms with Gasteiger partial charge in [-0.2, -0.15) is 0 Å². The summed E-state index contributed by atoms with van der Waals surface area (Å²) in [6.45, 7) is 9.39. The number of pyridine rings is 1. The van der Waals surface area contributed by atoms with Gasteiger partial charge in [-0.3, -0.25) is 4.98 Å². The van der Waals surface area contributed by atoms with Gasteiger partial charge in [-0.1, -0.05) is 131 Å². The highest BCUT2D eigenvalue weighted by atomic mass is 15.1. The Balaban J connectivity index is 1.08. The Bertz CT molecular complexity index is 2580. The normalized spacial score (nSPS) is 15.3. The first-order chi connectivity index (χ1) is 25.8. The Morgan fingerprint density at radius 3 is 1.98 bits per heavy atom. The summed E-state index contributed by atoms with van der Waals surface area (Å²) in [5.41, 5.74) is 20.1. The standard InChI is InChI=1S/C50H41N3/c1-49(2)27-29-52-46-26-28-51-32-37(46)30-36-18-24-41(47(49)48(36)52)35-16-21-39(22-17-35)53(38-19-14-34(15-20-38)33-10-6-5-7-11-33)40-23-25-43-42-12-8-9-13-44(42)50(3,4)45(43)31-40/h5-29,31-32H,30H2,1-4H3. The highest BCUT2D eigenvalue weighted by molar-refractivity contribution is 5.89. The minimum absolute atomic E-state index is 0.0887. The average Bonchev–Trinajstić information content (AvgIpc) is 3.42. The highest BCUT2D eigenvalue weighted by Crippen LogP contribution is 2.53. The fraction of sp³-hybridized carbons (Fsp3) is 0.140. The Hall–Kier alpha value is -6.19. The number of hydrogen-bond acceptors (Lipinski definition) is 3. The topological polar surface area (TPSA) is 19.4 Å². The molecule has 2 aliphatic heterocycles. The number of benzene rings is 6. The molecular formula is C50H41N3. The molecule has 256 valence electrons. The zero-order valence-electron chi connectivity index (χ0n) is 30.6. The molecule has 0 radical (unpaired) electrons. The van der Waals surface area contributed by atoms with Crippen LogP contribution >= 0.6 is 0 Å². The van der Waals surface area contributed by atoms with E-state index in [-0.39, 0.29) is 10.8 Å². The van der Waals surface area contributed by atoms with Crippen LogP contribution in [0.25, 0.3) is 33.4 Å². The molecule has 0 N–H and O–H groups in total. The van der Waals surface area contributed by atoms with E-state index < -0.39 is 0 Å². The minimum Gasteiger partial charge on any atom is -0.316 e. The molecule has 0 fully saturated rings. The van der Waals surface area contributed by atoms with Gasteiger partial charge in [0, 0.05) is 52.9 Å². The molecule has 3 heterocycles. The van der Waals surface area contributed by atoms with Crippen LogP contribution in [0.2, 0.25) is 0 Å². The van der Waals surface area contributed by atoms with Crippen molar-refractivity contribution in [3.63, 3.8) is 0 Å². The summed E-state index contributed by atoms with van der Waals surface area (Å²) in [6.07, 6.45) is 9.42. The molecule has 53 heavy (non-hydrogen) atoms. The van der Waals surface area contributed by atoms with E-state index in [1.54, 1.807) is 0 Å². The molecule has 3 aliphatic rings. The number of anilines is 5. The second-order valence-electron chi connectivity index (χ2n) is 15.8. The first-order valence-corrected chi connectivity index (χ1v) is 18.7. The van der Waals surface area contributed by atoms with Crippen LogP contribution in [0, 0.1) is 0 Å². The Kier molecular flexibility index (Phi) is 6.94. The second-order valence-corrected chi connectivity index (χ2v) is 15.8. The van der Waals surface area contributed by atoms with Crippen molar-refractivity contribution in [2.24, 2.45) is 0 Å². The smallest absolute Gasteiger partial charge is 0.0537 e. The van der Waals surface area contributed by atoms with Gasteiger partial charge < -0.3 is 9.80 Å². The molecule has 6 aromatic carbocycles. The number of fused-ring (bicyclic) bond motifs is 5. The van der Waals surface area contributed by atoms with Crippen molar-refractivity contribution in [2.75, 3.05) is 9.80 Å². The molecule has 10 rings (SSSR count). The lowest BCUT2D eigenvalue weighted by molar-refractivity contribution is 0.657. The third kappa shape index (κ3) is 4.91. The fourth-order valence-corrected chi connectivity index (χ4v) is 9.06. The molecule has 0 atom stereocenters. The third-order valence-electron chi connectivity index (χ3n) is 11.8. The van der Waals surface area contributed by atoms with Crippen LogP contribution < -0.4 is 9.80 Å². The maximum Gasteiger partial charge on any atom is 0.0537 e. The van der Waals surface area contributed by atoms with Crippen LogP contribution in [0.5, 0.6) is 0 Å². The molecule has 1 aliphatic carbocycles. The van der Waals surface area contributed by atoms with E-state index in [2.05, 4.69) is 194 Å². The van der Waals surface area contributed by atoms with Gasteiger partial charge in [-0.25, -0.2) is 0 Å². The molecule has 0 saturated carbocycles. The monoisotopic (exact) mass is 683 g/mol. The van der Waals surface area contributed by atoms with Gasteiger partial charge in [0.15, 0.2) is 0 Å². The van der Waals surface area contributed by atoms with Crippen molar-refractivity contribution < 1.29 is 0 Å². The van der Waals surface area contributed by atoms with Crippen molar-refractivity contribution in [2.45, 2.75) is 44.9 Å². The lowest BCUT2D eigenvalue weighted by Crippen LogP contribution is -2.30. The largest absolute Gasteiger partial charge is 0.316 e. The Morgan fingerprint density at radius 1 is 0.566 bits per heavy atom. The van der Waals surface area contributed by atoms with Crippen LogP contribution in [0.4, 0.5) is 28.4 Å². The quantitative estimate of drug-likeness (QED) is 0.180. The highest BCUT2D eigenvalue weighted by Gasteiger charge is 2.37. The average molecular weight is 684 g/mol. The van der Waals surface area contributed by atoms with Gasteiger partial charge in [0.25, 0.3) is 0 Å². The van der Waals surface area contributed by atoms with Gasteiger partial charge >= 0.3 is 0 Å². The molecule has 0 unspecified atom stereocenters. The molecule has 0 spiro atoms. The first kappa shape index (κ1) is 31.5. The van der Waals surface area contributed by atoms with Crippen LogP contribution in [0.15, 0.2) is 164 Å². The van der Waals surface area contributed by atoms with E-state index in [9.17, 15) is 0 Å². The maximum atomic E-state index is 4.44. The zero-order chi connectivity index (χ0) is 35.9. The van der Waals surface area contributed by atoms with Gasteiger partial charge in [0.05, 0.1) is 11.4 Å². The van der Waals surface area contributed by atoms with Crippen molar-refractivity contribution >= 4 is 28.4 Å². The molecule has 0 amide bonds. The van der Waals surface area contributed by atoms with E-state index in [0.717, 1.165) is 23.5 Å². The molecule has 3 heteroatoms. The number of nitrogens with zero attached hydrogens (tertiary/aromatic N) is 3. The molecule has 7 aromatic rings. The lowest BCUT2D eigenvalue weighted by atomic mass is 9.74. The molecule has 0 bridgehead atoms. The third-order valence-corrected chi connectivity index (χ3v) is 11.8. The fourth-order valence-electron chi connectivity index (χ4n) is 9.06. The summed E-state index contributed by atoms with van der Waals surface area (Å²) in [4.78, 5) is 9.23. The Morgan fingerprint density at radius 2 is 1.21 bits per heavy atom. The second kappa shape index (κ2) is 11.7. The minimum atomic E-state index is -0.123. The Labute approximate surface area is 312 Å². The predicted octanol–water partition coefficient (Wildman–Crippen LogP) is 13.0. The lowest BCUT2D eigenvalue weighted by Gasteiger charge is -2.41. The number of rotatable bonds is 5. The van der Waals surface area contributed by atoms with Crippen molar-refractivity contribution in [1.29, 1.82) is 0 Å². The van der Waals surface area contributed by atoms with Crippen molar-refractivity contribution in [3.8, 4) is 33.4 Å². The van der Waals surface area contributed by atoms with E-state index in [1.807, 2.05) is 12.4 Å². The summed E-state index contributed by atoms with van der Waals surface area (Å²) in [5, 5.41) is 0. The maximum absolute atomic E-state index is 4.44. The summed E-state index contributed by atoms with van der Waals surface area (Å²) < 4.78 is 0. The van der Waals surface area contributed by atoms with Crippen LogP contribution in [-0.2, 0) is 17.3 Å². The van der Waals surface area contributed by atoms with Gasteiger partial charge in [0.2, 0.25) is 0 Å². The zero-order valence-corrected chi connectivity index (χ0v) is 30.6. The van der Waals surface area contributed by atoms with Gasteiger partial charge in [0.1, 0.15) is 0 Å².